The fraction of sp³-hybridized carbons (Fsp3) is 0.789. The van der Waals surface area contributed by atoms with E-state index >= 15 is 0 Å². The van der Waals surface area contributed by atoms with Gasteiger partial charge in [0.15, 0.2) is 8.32 Å². The number of hydrogen-bond acceptors (Lipinski definition) is 3. The Kier molecular flexibility index (Phi) is 5.84. The zero-order valence-corrected chi connectivity index (χ0v) is 18.8. The second-order valence-corrected chi connectivity index (χ2v) is 14.8. The third kappa shape index (κ3) is 4.90. The van der Waals surface area contributed by atoms with Gasteiger partial charge in [0.1, 0.15) is 12.0 Å². The van der Waals surface area contributed by atoms with E-state index in [0.29, 0.717) is 18.7 Å². The average molecular weight is 400 g/mol. The number of nitrogens with one attached hydrogen (secondary N) is 1. The minimum Gasteiger partial charge on any atom is -0.465 e. The SMILES string of the molecule is CC(C)(C)n1nc([C@H]2C[C@@H](F)[C@@H](O[Si](C)(C)C(C)(C)C)C2)cc1NC(=O)O. The fourth-order valence-corrected chi connectivity index (χ4v) is 4.53. The summed E-state index contributed by atoms with van der Waals surface area (Å²) >= 11 is 0. The normalized spacial score (nSPS) is 24.3. The molecule has 8 heteroatoms. The molecule has 0 bridgehead atoms. The number of alkyl halides is 1. The molecule has 0 aromatic carbocycles. The second-order valence-electron chi connectivity index (χ2n) is 10.1. The Morgan fingerprint density at radius 3 is 2.37 bits per heavy atom. The van der Waals surface area contributed by atoms with E-state index in [1.807, 2.05) is 20.8 Å². The molecule has 1 aliphatic rings. The Labute approximate surface area is 162 Å². The van der Waals surface area contributed by atoms with Crippen LogP contribution in [0.2, 0.25) is 18.1 Å². The van der Waals surface area contributed by atoms with Crippen LogP contribution in [0.4, 0.5) is 15.0 Å². The highest BCUT2D eigenvalue weighted by molar-refractivity contribution is 6.74. The van der Waals surface area contributed by atoms with E-state index in [-0.39, 0.29) is 16.5 Å². The monoisotopic (exact) mass is 399 g/mol. The highest BCUT2D eigenvalue weighted by Gasteiger charge is 2.45. The van der Waals surface area contributed by atoms with E-state index in [4.69, 9.17) is 9.53 Å². The number of nitrogens with zero attached hydrogens (tertiary/aromatic N) is 2. The lowest BCUT2D eigenvalue weighted by atomic mass is 10.0. The summed E-state index contributed by atoms with van der Waals surface area (Å²) in [5.41, 5.74) is 0.332. The number of carbonyl (C=O) groups is 1. The number of amides is 1. The minimum atomic E-state index is -2.06. The first-order chi connectivity index (χ1) is 12.1. The second kappa shape index (κ2) is 7.20. The van der Waals surface area contributed by atoms with Gasteiger partial charge in [-0.2, -0.15) is 5.10 Å². The molecule has 6 nitrogen and oxygen atoms in total. The van der Waals surface area contributed by atoms with Crippen LogP contribution in [0.15, 0.2) is 6.07 Å². The third-order valence-electron chi connectivity index (χ3n) is 5.70. The van der Waals surface area contributed by atoms with Crippen LogP contribution in [-0.2, 0) is 9.96 Å². The van der Waals surface area contributed by atoms with Crippen molar-refractivity contribution in [3.05, 3.63) is 11.8 Å². The van der Waals surface area contributed by atoms with Gasteiger partial charge in [0.05, 0.1) is 17.3 Å². The lowest BCUT2D eigenvalue weighted by molar-refractivity contribution is 0.111. The number of aromatic nitrogens is 2. The van der Waals surface area contributed by atoms with Gasteiger partial charge in [-0.25, -0.2) is 13.9 Å². The number of rotatable bonds is 4. The van der Waals surface area contributed by atoms with Crippen molar-refractivity contribution < 1.29 is 18.7 Å². The van der Waals surface area contributed by atoms with Gasteiger partial charge < -0.3 is 9.53 Å². The molecule has 0 spiro atoms. The average Bonchev–Trinajstić information content (AvgIpc) is 3.01. The van der Waals surface area contributed by atoms with Crippen molar-refractivity contribution in [2.75, 3.05) is 5.32 Å². The summed E-state index contributed by atoms with van der Waals surface area (Å²) in [6.07, 6.45) is -1.67. The maximum atomic E-state index is 14.7. The molecule has 1 aromatic rings. The zero-order chi connectivity index (χ0) is 20.8. The molecule has 0 saturated heterocycles. The number of carboxylic acid groups (broad SMARTS) is 1. The van der Waals surface area contributed by atoms with Crippen molar-refractivity contribution >= 4 is 20.2 Å². The van der Waals surface area contributed by atoms with Crippen molar-refractivity contribution in [1.82, 2.24) is 9.78 Å². The maximum absolute atomic E-state index is 14.7. The summed E-state index contributed by atoms with van der Waals surface area (Å²) in [7, 11) is -2.06. The number of hydrogen-bond donors (Lipinski definition) is 2. The zero-order valence-electron chi connectivity index (χ0n) is 17.8. The maximum Gasteiger partial charge on any atom is 0.410 e. The quantitative estimate of drug-likeness (QED) is 0.671. The van der Waals surface area contributed by atoms with Gasteiger partial charge in [-0.3, -0.25) is 5.32 Å². The molecule has 2 N–H and O–H groups in total. The molecule has 1 aromatic heterocycles. The predicted octanol–water partition coefficient (Wildman–Crippen LogP) is 5.33. The molecule has 1 fully saturated rings. The van der Waals surface area contributed by atoms with Crippen molar-refractivity contribution in [3.63, 3.8) is 0 Å². The molecule has 3 atom stereocenters. The molecule has 1 saturated carbocycles. The summed E-state index contributed by atoms with van der Waals surface area (Å²) in [6, 6.07) is 1.73. The fourth-order valence-electron chi connectivity index (χ4n) is 3.18. The summed E-state index contributed by atoms with van der Waals surface area (Å²) in [6.45, 7) is 16.6. The Bertz CT molecular complexity index is 691. The van der Waals surface area contributed by atoms with E-state index < -0.39 is 26.7 Å². The Morgan fingerprint density at radius 2 is 1.89 bits per heavy atom. The van der Waals surface area contributed by atoms with Gasteiger partial charge in [-0.15, -0.1) is 0 Å². The molecular formula is C19H34FN3O3Si. The first kappa shape index (κ1) is 21.9. The summed E-state index contributed by atoms with van der Waals surface area (Å²) in [5, 5.41) is 16.1. The van der Waals surface area contributed by atoms with Crippen molar-refractivity contribution in [2.45, 2.75) is 96.2 Å². The van der Waals surface area contributed by atoms with Gasteiger partial charge >= 0.3 is 6.09 Å². The first-order valence-electron chi connectivity index (χ1n) is 9.54. The first-order valence-corrected chi connectivity index (χ1v) is 12.4. The van der Waals surface area contributed by atoms with E-state index in [0.717, 1.165) is 5.69 Å². The van der Waals surface area contributed by atoms with Crippen LogP contribution in [-0.4, -0.2) is 41.6 Å². The molecule has 0 unspecified atom stereocenters. The Hall–Kier alpha value is -1.41. The Morgan fingerprint density at radius 1 is 1.30 bits per heavy atom. The van der Waals surface area contributed by atoms with Crippen LogP contribution in [0.1, 0.15) is 66.0 Å². The molecule has 27 heavy (non-hydrogen) atoms. The highest BCUT2D eigenvalue weighted by Crippen LogP contribution is 2.44. The standard InChI is InChI=1S/C19H34FN3O3Si/c1-18(2,3)23-16(21-17(24)25)11-14(22-23)12-9-13(20)15(10-12)26-27(7,8)19(4,5)6/h11-13,15,21H,9-10H2,1-8H3,(H,24,25)/t12-,13+,15-/m0/s1. The largest absolute Gasteiger partial charge is 0.465 e. The minimum absolute atomic E-state index is 0.0250. The third-order valence-corrected chi connectivity index (χ3v) is 10.2. The lowest BCUT2D eigenvalue weighted by Gasteiger charge is -2.38. The number of halogens is 1. The molecule has 0 aliphatic heterocycles. The molecule has 1 amide bonds. The van der Waals surface area contributed by atoms with Crippen molar-refractivity contribution in [1.29, 1.82) is 0 Å². The molecule has 154 valence electrons. The predicted molar refractivity (Wildman–Crippen MR) is 108 cm³/mol. The van der Waals surface area contributed by atoms with E-state index in [2.05, 4.69) is 44.3 Å². The van der Waals surface area contributed by atoms with Gasteiger partial charge in [0.25, 0.3) is 0 Å². The Balaban J connectivity index is 2.23. The van der Waals surface area contributed by atoms with Gasteiger partial charge in [-0.05, 0) is 51.7 Å². The van der Waals surface area contributed by atoms with Gasteiger partial charge in [0, 0.05) is 12.0 Å². The van der Waals surface area contributed by atoms with Crippen LogP contribution in [0.3, 0.4) is 0 Å². The smallest absolute Gasteiger partial charge is 0.410 e. The topological polar surface area (TPSA) is 76.4 Å². The molecule has 1 heterocycles. The van der Waals surface area contributed by atoms with Crippen molar-refractivity contribution in [3.8, 4) is 0 Å². The lowest BCUT2D eigenvalue weighted by Crippen LogP contribution is -2.45. The van der Waals surface area contributed by atoms with Crippen LogP contribution >= 0.6 is 0 Å². The van der Waals surface area contributed by atoms with Crippen LogP contribution in [0.25, 0.3) is 0 Å². The van der Waals surface area contributed by atoms with E-state index in [1.165, 1.54) is 0 Å². The van der Waals surface area contributed by atoms with E-state index in [9.17, 15) is 9.18 Å². The molecular weight excluding hydrogens is 365 g/mol. The van der Waals surface area contributed by atoms with Gasteiger partial charge in [0.2, 0.25) is 0 Å². The van der Waals surface area contributed by atoms with Crippen LogP contribution < -0.4 is 5.32 Å². The number of anilines is 1. The molecule has 1 aliphatic carbocycles. The highest BCUT2D eigenvalue weighted by atomic mass is 28.4. The van der Waals surface area contributed by atoms with Crippen LogP contribution in [0, 0.1) is 0 Å². The van der Waals surface area contributed by atoms with Gasteiger partial charge in [-0.1, -0.05) is 20.8 Å². The summed E-state index contributed by atoms with van der Waals surface area (Å²) in [5.74, 6) is 0.335. The van der Waals surface area contributed by atoms with Crippen LogP contribution in [0.5, 0.6) is 0 Å². The summed E-state index contributed by atoms with van der Waals surface area (Å²) < 4.78 is 22.7. The molecule has 0 radical (unpaired) electrons. The van der Waals surface area contributed by atoms with E-state index in [1.54, 1.807) is 10.7 Å². The summed E-state index contributed by atoms with van der Waals surface area (Å²) in [4.78, 5) is 11.1. The van der Waals surface area contributed by atoms with Crippen molar-refractivity contribution in [2.24, 2.45) is 0 Å². The molecule has 2 rings (SSSR count).